The summed E-state index contributed by atoms with van der Waals surface area (Å²) in [7, 11) is 3.25. The monoisotopic (exact) mass is 305 g/mol. The lowest BCUT2D eigenvalue weighted by Crippen LogP contribution is -2.25. The van der Waals surface area contributed by atoms with Gasteiger partial charge in [0, 0.05) is 12.5 Å². The van der Waals surface area contributed by atoms with Crippen molar-refractivity contribution in [2.75, 3.05) is 18.6 Å². The molecule has 21 heavy (non-hydrogen) atoms. The van der Waals surface area contributed by atoms with E-state index in [2.05, 4.69) is 36.2 Å². The second kappa shape index (κ2) is 4.84. The summed E-state index contributed by atoms with van der Waals surface area (Å²) in [5.41, 5.74) is 1.95. The lowest BCUT2D eigenvalue weighted by atomic mass is 9.90. The number of benzene rings is 1. The summed E-state index contributed by atoms with van der Waals surface area (Å²) < 4.78 is 9.05. The number of ether oxygens (including phenoxy) is 1. The zero-order valence-corrected chi connectivity index (χ0v) is 13.7. The van der Waals surface area contributed by atoms with Crippen LogP contribution in [0, 0.1) is 5.41 Å². The maximum atomic E-state index is 5.19. The normalized spacial score (nSPS) is 20.9. The average molecular weight is 305 g/mol. The first-order valence-corrected chi connectivity index (χ1v) is 7.86. The summed E-state index contributed by atoms with van der Waals surface area (Å²) in [6, 6.07) is 7.81. The van der Waals surface area contributed by atoms with Gasteiger partial charge in [0.15, 0.2) is 4.99 Å². The largest absolute Gasteiger partial charge is 0.497 e. The standard InChI is InChI=1S/C14H19N5OS/c1-14(2,3)12-13-15-17-19(21(13)18(4)16-12)10-6-8-11(20-5)9-7-10/h6-9H,1-5H3. The highest BCUT2D eigenvalue weighted by Gasteiger charge is 2.38. The molecule has 1 atom stereocenters. The number of hydrazone groups is 1. The highest BCUT2D eigenvalue weighted by molar-refractivity contribution is 8.16. The van der Waals surface area contributed by atoms with Gasteiger partial charge in [-0.15, -0.1) is 5.11 Å². The molecule has 0 amide bonds. The Bertz CT molecular complexity index is 657. The summed E-state index contributed by atoms with van der Waals surface area (Å²) >= 11 is 0. The van der Waals surface area contributed by atoms with Crippen LogP contribution in [0.1, 0.15) is 20.8 Å². The zero-order valence-electron chi connectivity index (χ0n) is 12.9. The van der Waals surface area contributed by atoms with Gasteiger partial charge in [-0.05, 0) is 24.3 Å². The first-order valence-electron chi connectivity index (χ1n) is 6.72. The molecule has 3 rings (SSSR count). The van der Waals surface area contributed by atoms with Crippen molar-refractivity contribution in [1.82, 2.24) is 4.41 Å². The molecule has 1 aromatic carbocycles. The van der Waals surface area contributed by atoms with Crippen LogP contribution in [0.5, 0.6) is 5.75 Å². The molecule has 0 spiro atoms. The Balaban J connectivity index is 1.96. The molecule has 0 aliphatic carbocycles. The maximum absolute atomic E-state index is 5.19. The minimum Gasteiger partial charge on any atom is -0.497 e. The molecule has 2 aliphatic heterocycles. The van der Waals surface area contributed by atoms with Crippen LogP contribution in [0.3, 0.4) is 0 Å². The van der Waals surface area contributed by atoms with Gasteiger partial charge in [-0.3, -0.25) is 0 Å². The van der Waals surface area contributed by atoms with Crippen LogP contribution in [0.2, 0.25) is 0 Å². The van der Waals surface area contributed by atoms with Crippen molar-refractivity contribution < 1.29 is 4.74 Å². The van der Waals surface area contributed by atoms with Gasteiger partial charge in [-0.25, -0.2) is 4.41 Å². The third-order valence-electron chi connectivity index (χ3n) is 3.25. The van der Waals surface area contributed by atoms with Crippen molar-refractivity contribution in [2.45, 2.75) is 20.8 Å². The van der Waals surface area contributed by atoms with Crippen LogP contribution in [0.4, 0.5) is 5.69 Å². The predicted molar refractivity (Wildman–Crippen MR) is 87.6 cm³/mol. The number of nitrogens with zero attached hydrogens (tertiary/aromatic N) is 5. The number of anilines is 1. The first kappa shape index (κ1) is 14.1. The van der Waals surface area contributed by atoms with Crippen LogP contribution in [0.25, 0.3) is 0 Å². The van der Waals surface area contributed by atoms with Gasteiger partial charge in [0.1, 0.15) is 11.5 Å². The Hall–Kier alpha value is -1.89. The molecular formula is C14H19N5OS. The molecule has 0 fully saturated rings. The molecule has 6 nitrogen and oxygen atoms in total. The maximum Gasteiger partial charge on any atom is 0.177 e. The van der Waals surface area contributed by atoms with Gasteiger partial charge < -0.3 is 4.74 Å². The van der Waals surface area contributed by atoms with Gasteiger partial charge in [0.05, 0.1) is 23.7 Å². The van der Waals surface area contributed by atoms with Crippen molar-refractivity contribution in [3.8, 4) is 5.75 Å². The number of hydrogen-bond donors (Lipinski definition) is 0. The zero-order chi connectivity index (χ0) is 15.2. The fourth-order valence-corrected chi connectivity index (χ4v) is 4.01. The third kappa shape index (κ3) is 2.31. The number of methoxy groups -OCH3 is 1. The lowest BCUT2D eigenvalue weighted by Gasteiger charge is -2.21. The fraction of sp³-hybridized carbons (Fsp3) is 0.429. The summed E-state index contributed by atoms with van der Waals surface area (Å²) in [5, 5.41) is 13.4. The van der Waals surface area contributed by atoms with E-state index in [9.17, 15) is 0 Å². The number of hydrogen-bond acceptors (Lipinski definition) is 6. The number of rotatable bonds is 2. The van der Waals surface area contributed by atoms with Crippen LogP contribution < -0.4 is 9.15 Å². The van der Waals surface area contributed by atoms with E-state index in [1.165, 1.54) is 0 Å². The summed E-state index contributed by atoms with van der Waals surface area (Å²) in [6.07, 6.45) is 0. The predicted octanol–water partition coefficient (Wildman–Crippen LogP) is 3.46. The average Bonchev–Trinajstić information content (AvgIpc) is 3.00. The van der Waals surface area contributed by atoms with E-state index < -0.39 is 0 Å². The van der Waals surface area contributed by atoms with Crippen LogP contribution >= 0.6 is 10.9 Å². The van der Waals surface area contributed by atoms with E-state index in [-0.39, 0.29) is 16.3 Å². The lowest BCUT2D eigenvalue weighted by molar-refractivity contribution is 0.415. The molecule has 7 heteroatoms. The summed E-state index contributed by atoms with van der Waals surface area (Å²) in [5.74, 6) is 0.828. The van der Waals surface area contributed by atoms with Gasteiger partial charge in [0.25, 0.3) is 0 Å². The van der Waals surface area contributed by atoms with Gasteiger partial charge in [-0.1, -0.05) is 26.0 Å². The Morgan fingerprint density at radius 1 is 1.14 bits per heavy atom. The molecule has 0 saturated heterocycles. The molecule has 1 aromatic rings. The fourth-order valence-electron chi connectivity index (χ4n) is 2.16. The topological polar surface area (TPSA) is 52.8 Å². The van der Waals surface area contributed by atoms with E-state index >= 15 is 0 Å². The van der Waals surface area contributed by atoms with Crippen molar-refractivity contribution >= 4 is 27.2 Å². The minimum atomic E-state index is -0.381. The molecule has 1 unspecified atom stereocenters. The SMILES string of the molecule is COc1ccc(N2N=NC3=S2N(C)N=C3C(C)(C)C)cc1. The van der Waals surface area contributed by atoms with Crippen molar-refractivity contribution in [3.63, 3.8) is 0 Å². The van der Waals surface area contributed by atoms with Gasteiger partial charge in [0.2, 0.25) is 0 Å². The minimum absolute atomic E-state index is 0.0414. The summed E-state index contributed by atoms with van der Waals surface area (Å²) in [4.78, 5) is 0.959. The van der Waals surface area contributed by atoms with Crippen molar-refractivity contribution in [3.05, 3.63) is 24.3 Å². The van der Waals surface area contributed by atoms with Crippen LogP contribution in [-0.4, -0.2) is 29.3 Å². The highest BCUT2D eigenvalue weighted by Crippen LogP contribution is 2.43. The second-order valence-corrected chi connectivity index (χ2v) is 7.68. The molecule has 0 aromatic heterocycles. The van der Waals surface area contributed by atoms with Gasteiger partial charge in [-0.2, -0.15) is 9.52 Å². The van der Waals surface area contributed by atoms with E-state index in [1.807, 2.05) is 40.1 Å². The Morgan fingerprint density at radius 3 is 2.38 bits per heavy atom. The third-order valence-corrected chi connectivity index (χ3v) is 5.07. The second-order valence-electron chi connectivity index (χ2n) is 5.89. The molecule has 112 valence electrons. The smallest absolute Gasteiger partial charge is 0.177 e. The Morgan fingerprint density at radius 2 is 1.81 bits per heavy atom. The van der Waals surface area contributed by atoms with E-state index in [1.54, 1.807) is 7.11 Å². The van der Waals surface area contributed by atoms with Crippen LogP contribution in [0.15, 0.2) is 39.7 Å². The Labute approximate surface area is 127 Å². The molecule has 2 heterocycles. The molecular weight excluding hydrogens is 286 g/mol. The van der Waals surface area contributed by atoms with E-state index in [0.717, 1.165) is 22.1 Å². The highest BCUT2D eigenvalue weighted by atomic mass is 32.2. The van der Waals surface area contributed by atoms with Crippen molar-refractivity contribution in [2.24, 2.45) is 20.9 Å². The summed E-state index contributed by atoms with van der Waals surface area (Å²) in [6.45, 7) is 6.43. The van der Waals surface area contributed by atoms with E-state index in [4.69, 9.17) is 4.74 Å². The van der Waals surface area contributed by atoms with Gasteiger partial charge >= 0.3 is 0 Å². The molecule has 0 N–H and O–H groups in total. The van der Waals surface area contributed by atoms with Crippen molar-refractivity contribution in [1.29, 1.82) is 0 Å². The van der Waals surface area contributed by atoms with E-state index in [0.29, 0.717) is 0 Å². The molecule has 0 saturated carbocycles. The first-order chi connectivity index (χ1) is 9.91. The molecule has 0 bridgehead atoms. The quantitative estimate of drug-likeness (QED) is 0.786. The Kier molecular flexibility index (Phi) is 3.24. The van der Waals surface area contributed by atoms with Crippen LogP contribution in [-0.2, 0) is 0 Å². The molecule has 0 radical (unpaired) electrons. The molecule has 2 aliphatic rings.